The van der Waals surface area contributed by atoms with Gasteiger partial charge in [-0.05, 0) is 24.6 Å². The Hall–Kier alpha value is -1.71. The van der Waals surface area contributed by atoms with Gasteiger partial charge in [-0.1, -0.05) is 35.9 Å². The first kappa shape index (κ1) is 14.7. The van der Waals surface area contributed by atoms with Crippen molar-refractivity contribution in [2.45, 2.75) is 19.5 Å². The number of benzene rings is 2. The normalized spacial score (nSPS) is 12.2. The second-order valence-corrected chi connectivity index (χ2v) is 5.03. The maximum atomic E-state index is 9.91. The van der Waals surface area contributed by atoms with Crippen molar-refractivity contribution in [3.63, 3.8) is 0 Å². The number of hydrogen-bond donors (Lipinski definition) is 2. The Morgan fingerprint density at radius 2 is 2.00 bits per heavy atom. The topological polar surface area (TPSA) is 41.5 Å². The fraction of sp³-hybridized carbons (Fsp3) is 0.250. The summed E-state index contributed by atoms with van der Waals surface area (Å²) in [7, 11) is 1.58. The number of aromatic hydroxyl groups is 1. The van der Waals surface area contributed by atoms with E-state index in [0.29, 0.717) is 12.3 Å². The van der Waals surface area contributed by atoms with Gasteiger partial charge in [-0.15, -0.1) is 0 Å². The largest absolute Gasteiger partial charge is 0.507 e. The lowest BCUT2D eigenvalue weighted by molar-refractivity contribution is 0.405. The van der Waals surface area contributed by atoms with E-state index in [1.165, 1.54) is 0 Å². The minimum Gasteiger partial charge on any atom is -0.507 e. The minimum absolute atomic E-state index is 0.102. The molecule has 3 nitrogen and oxygen atoms in total. The van der Waals surface area contributed by atoms with Gasteiger partial charge < -0.3 is 15.2 Å². The Bertz CT molecular complexity index is 586. The summed E-state index contributed by atoms with van der Waals surface area (Å²) >= 11 is 6.17. The molecule has 2 aromatic carbocycles. The number of ether oxygens (including phenoxy) is 1. The molecule has 0 spiro atoms. The van der Waals surface area contributed by atoms with Gasteiger partial charge in [-0.25, -0.2) is 0 Å². The average Bonchev–Trinajstić information content (AvgIpc) is 2.46. The van der Waals surface area contributed by atoms with E-state index < -0.39 is 0 Å². The van der Waals surface area contributed by atoms with E-state index in [9.17, 15) is 5.11 Å². The van der Waals surface area contributed by atoms with Crippen molar-refractivity contribution >= 4 is 11.6 Å². The highest BCUT2D eigenvalue weighted by Crippen LogP contribution is 2.25. The van der Waals surface area contributed by atoms with Crippen molar-refractivity contribution in [3.8, 4) is 11.5 Å². The molecule has 0 fully saturated rings. The van der Waals surface area contributed by atoms with Crippen LogP contribution in [0.2, 0.25) is 5.02 Å². The molecule has 0 saturated carbocycles. The van der Waals surface area contributed by atoms with Gasteiger partial charge >= 0.3 is 0 Å². The summed E-state index contributed by atoms with van der Waals surface area (Å²) < 4.78 is 5.06. The van der Waals surface area contributed by atoms with Crippen LogP contribution in [-0.2, 0) is 6.54 Å². The third kappa shape index (κ3) is 3.44. The molecular formula is C16H18ClNO2. The summed E-state index contributed by atoms with van der Waals surface area (Å²) in [5, 5.41) is 14.0. The monoisotopic (exact) mass is 291 g/mol. The zero-order valence-corrected chi connectivity index (χ0v) is 12.3. The van der Waals surface area contributed by atoms with Crippen LogP contribution in [0.3, 0.4) is 0 Å². The van der Waals surface area contributed by atoms with E-state index in [-0.39, 0.29) is 11.8 Å². The third-order valence-corrected chi connectivity index (χ3v) is 3.61. The van der Waals surface area contributed by atoms with Crippen molar-refractivity contribution < 1.29 is 9.84 Å². The van der Waals surface area contributed by atoms with Crippen molar-refractivity contribution in [3.05, 3.63) is 58.6 Å². The van der Waals surface area contributed by atoms with Gasteiger partial charge in [0, 0.05) is 29.2 Å². The van der Waals surface area contributed by atoms with Crippen molar-refractivity contribution in [2.75, 3.05) is 7.11 Å². The SMILES string of the molecule is COc1ccc(CN[C@@H](C)c2ccccc2Cl)c(O)c1. The highest BCUT2D eigenvalue weighted by molar-refractivity contribution is 6.31. The number of rotatable bonds is 5. The number of halogens is 1. The fourth-order valence-corrected chi connectivity index (χ4v) is 2.32. The second-order valence-electron chi connectivity index (χ2n) is 4.62. The van der Waals surface area contributed by atoms with Gasteiger partial charge in [0.1, 0.15) is 11.5 Å². The molecule has 0 radical (unpaired) electrons. The molecule has 0 aliphatic heterocycles. The molecule has 0 bridgehead atoms. The Labute approximate surface area is 124 Å². The number of nitrogens with one attached hydrogen (secondary N) is 1. The van der Waals surface area contributed by atoms with Crippen LogP contribution in [0, 0.1) is 0 Å². The summed E-state index contributed by atoms with van der Waals surface area (Å²) in [6.07, 6.45) is 0. The lowest BCUT2D eigenvalue weighted by atomic mass is 10.1. The Morgan fingerprint density at radius 3 is 2.65 bits per heavy atom. The molecule has 20 heavy (non-hydrogen) atoms. The fourth-order valence-electron chi connectivity index (χ4n) is 2.02. The lowest BCUT2D eigenvalue weighted by Gasteiger charge is -2.16. The van der Waals surface area contributed by atoms with Crippen molar-refractivity contribution in [1.29, 1.82) is 0 Å². The zero-order valence-electron chi connectivity index (χ0n) is 11.6. The first-order valence-electron chi connectivity index (χ1n) is 6.45. The highest BCUT2D eigenvalue weighted by atomic mass is 35.5. The number of phenols is 1. The Balaban J connectivity index is 2.04. The molecule has 2 N–H and O–H groups in total. The van der Waals surface area contributed by atoms with E-state index in [4.69, 9.17) is 16.3 Å². The molecule has 2 aromatic rings. The maximum Gasteiger partial charge on any atom is 0.123 e. The molecule has 0 aromatic heterocycles. The highest BCUT2D eigenvalue weighted by Gasteiger charge is 2.10. The molecule has 0 unspecified atom stereocenters. The van der Waals surface area contributed by atoms with Gasteiger partial charge in [-0.3, -0.25) is 0 Å². The third-order valence-electron chi connectivity index (χ3n) is 3.26. The number of methoxy groups -OCH3 is 1. The molecular weight excluding hydrogens is 274 g/mol. The standard InChI is InChI=1S/C16H18ClNO2/c1-11(14-5-3-4-6-15(14)17)18-10-12-7-8-13(20-2)9-16(12)19/h3-9,11,18-19H,10H2,1-2H3/t11-/m0/s1. The van der Waals surface area contributed by atoms with Gasteiger partial charge in [0.25, 0.3) is 0 Å². The van der Waals surface area contributed by atoms with Crippen LogP contribution in [0.5, 0.6) is 11.5 Å². The number of hydrogen-bond acceptors (Lipinski definition) is 3. The molecule has 106 valence electrons. The summed E-state index contributed by atoms with van der Waals surface area (Å²) in [6.45, 7) is 2.60. The van der Waals surface area contributed by atoms with Crippen LogP contribution in [0.25, 0.3) is 0 Å². The molecule has 4 heteroatoms. The summed E-state index contributed by atoms with van der Waals surface area (Å²) in [5.41, 5.74) is 1.87. The smallest absolute Gasteiger partial charge is 0.123 e. The number of phenolic OH excluding ortho intramolecular Hbond substituents is 1. The van der Waals surface area contributed by atoms with E-state index in [2.05, 4.69) is 5.32 Å². The Kier molecular flexibility index (Phi) is 4.88. The van der Waals surface area contributed by atoms with Gasteiger partial charge in [0.2, 0.25) is 0 Å². The Morgan fingerprint density at radius 1 is 1.25 bits per heavy atom. The summed E-state index contributed by atoms with van der Waals surface area (Å²) in [5.74, 6) is 0.869. The van der Waals surface area contributed by atoms with Crippen molar-refractivity contribution in [2.24, 2.45) is 0 Å². The van der Waals surface area contributed by atoms with Crippen LogP contribution in [0.15, 0.2) is 42.5 Å². The molecule has 1 atom stereocenters. The van der Waals surface area contributed by atoms with Crippen LogP contribution in [-0.4, -0.2) is 12.2 Å². The van der Waals surface area contributed by atoms with Crippen LogP contribution in [0.1, 0.15) is 24.1 Å². The predicted molar refractivity (Wildman–Crippen MR) is 81.4 cm³/mol. The van der Waals surface area contributed by atoms with Crippen molar-refractivity contribution in [1.82, 2.24) is 5.32 Å². The van der Waals surface area contributed by atoms with E-state index in [0.717, 1.165) is 16.1 Å². The van der Waals surface area contributed by atoms with Crippen LogP contribution >= 0.6 is 11.6 Å². The first-order valence-corrected chi connectivity index (χ1v) is 6.83. The van der Waals surface area contributed by atoms with Crippen LogP contribution < -0.4 is 10.1 Å². The lowest BCUT2D eigenvalue weighted by Crippen LogP contribution is -2.18. The minimum atomic E-state index is 0.102. The molecule has 0 aliphatic rings. The van der Waals surface area contributed by atoms with Gasteiger partial charge in [-0.2, -0.15) is 0 Å². The average molecular weight is 292 g/mol. The predicted octanol–water partition coefficient (Wildman–Crippen LogP) is 3.91. The van der Waals surface area contributed by atoms with E-state index >= 15 is 0 Å². The van der Waals surface area contributed by atoms with Gasteiger partial charge in [0.15, 0.2) is 0 Å². The summed E-state index contributed by atoms with van der Waals surface area (Å²) in [6, 6.07) is 13.1. The van der Waals surface area contributed by atoms with E-state index in [1.54, 1.807) is 13.2 Å². The quantitative estimate of drug-likeness (QED) is 0.878. The molecule has 0 saturated heterocycles. The second kappa shape index (κ2) is 6.64. The zero-order chi connectivity index (χ0) is 14.5. The maximum absolute atomic E-state index is 9.91. The first-order chi connectivity index (χ1) is 9.61. The molecule has 2 rings (SSSR count). The molecule has 0 amide bonds. The van der Waals surface area contributed by atoms with E-state index in [1.807, 2.05) is 43.3 Å². The molecule has 0 heterocycles. The van der Waals surface area contributed by atoms with Crippen LogP contribution in [0.4, 0.5) is 0 Å². The summed E-state index contributed by atoms with van der Waals surface area (Å²) in [4.78, 5) is 0. The van der Waals surface area contributed by atoms with Gasteiger partial charge in [0.05, 0.1) is 7.11 Å². The molecule has 0 aliphatic carbocycles.